The van der Waals surface area contributed by atoms with Crippen LogP contribution in [0.2, 0.25) is 5.15 Å². The van der Waals surface area contributed by atoms with E-state index < -0.39 is 44.9 Å². The molecule has 1 aliphatic carbocycles. The fraction of sp³-hybridized carbons (Fsp3) is 0.386. The maximum atomic E-state index is 13.6. The average Bonchev–Trinajstić information content (AvgIpc) is 4.36. The second-order valence-electron chi connectivity index (χ2n) is 17.7. The number of aromatic nitrogens is 4. The normalized spacial score (nSPS) is 13.3. The molecule has 82 heavy (non-hydrogen) atoms. The third kappa shape index (κ3) is 22.4. The van der Waals surface area contributed by atoms with Crippen LogP contribution in [0.5, 0.6) is 17.2 Å². The van der Waals surface area contributed by atoms with Crippen molar-refractivity contribution in [2.24, 2.45) is 0 Å². The van der Waals surface area contributed by atoms with E-state index in [1.165, 1.54) is 95.4 Å². The molecule has 10 rings (SSSR count). The quantitative estimate of drug-likeness (QED) is 0.0368. The summed E-state index contributed by atoms with van der Waals surface area (Å²) in [6, 6.07) is 17.2. The van der Waals surface area contributed by atoms with Crippen molar-refractivity contribution >= 4 is 70.0 Å². The molecule has 4 aliphatic rings. The Balaban J connectivity index is 0.00000101. The molecule has 0 radical (unpaired) electrons. The number of carboxylic acids is 1. The predicted molar refractivity (Wildman–Crippen MR) is 319 cm³/mol. The molecule has 6 aromatic rings. The Bertz CT molecular complexity index is 2910. The van der Waals surface area contributed by atoms with Gasteiger partial charge in [0, 0.05) is 58.4 Å². The zero-order chi connectivity index (χ0) is 56.6. The summed E-state index contributed by atoms with van der Waals surface area (Å²) < 4.78 is 31.2. The molecule has 0 bridgehead atoms. The SMILES string of the molecule is C.C.C.C.C1CCCC1.COc1cc(C(=O)Nc2ccc(N3CCCC3)nc2)cc(F)c1O.Nc1ccc(N2CCCC2)nc1.O=Cc1cc(C(=O)O)cc(F)c1O.O=[N+]([O-])c1ccc(Cl)nc1.O=[N+]([O-])c1ccc(N2CCCC2)nc1.[HH]. The lowest BCUT2D eigenvalue weighted by atomic mass is 10.1. The van der Waals surface area contributed by atoms with Crippen molar-refractivity contribution < 1.29 is 54.5 Å². The number of nitro groups is 2. The number of benzene rings is 2. The topological polar surface area (TPSA) is 307 Å². The highest BCUT2D eigenvalue weighted by atomic mass is 35.5. The van der Waals surface area contributed by atoms with E-state index in [9.17, 15) is 48.5 Å². The molecule has 2 aromatic carbocycles. The molecule has 7 heterocycles. The number of hydrogen-bond donors (Lipinski definition) is 5. The van der Waals surface area contributed by atoms with E-state index >= 15 is 0 Å². The van der Waals surface area contributed by atoms with Gasteiger partial charge in [-0.15, -0.1) is 0 Å². The lowest BCUT2D eigenvalue weighted by molar-refractivity contribution is -0.385. The number of anilines is 5. The summed E-state index contributed by atoms with van der Waals surface area (Å²) in [5.41, 5.74) is 6.08. The molecular formula is C57H78ClF2N11O11. The molecule has 1 amide bonds. The number of aromatic hydroxyl groups is 2. The van der Waals surface area contributed by atoms with E-state index in [1.54, 1.807) is 24.5 Å². The first-order valence-electron chi connectivity index (χ1n) is 24.9. The first kappa shape index (κ1) is 71.2. The number of aldehydes is 1. The summed E-state index contributed by atoms with van der Waals surface area (Å²) in [6.45, 7) is 6.26. The number of nitrogens with one attached hydrogen (secondary N) is 1. The van der Waals surface area contributed by atoms with Gasteiger partial charge in [0.05, 0.1) is 51.9 Å². The zero-order valence-corrected chi connectivity index (χ0v) is 43.4. The third-order valence-electron chi connectivity index (χ3n) is 12.2. The van der Waals surface area contributed by atoms with Gasteiger partial charge >= 0.3 is 5.97 Å². The number of ether oxygens (including phenoxy) is 1. The summed E-state index contributed by atoms with van der Waals surface area (Å²) >= 11 is 5.38. The van der Waals surface area contributed by atoms with Crippen LogP contribution in [-0.2, 0) is 0 Å². The van der Waals surface area contributed by atoms with Crippen molar-refractivity contribution in [2.45, 2.75) is 100 Å². The molecule has 22 nitrogen and oxygen atoms in total. The number of hydrogen-bond acceptors (Lipinski definition) is 18. The van der Waals surface area contributed by atoms with Crippen LogP contribution >= 0.6 is 11.6 Å². The molecule has 6 N–H and O–H groups in total. The average molecular weight is 1170 g/mol. The zero-order valence-electron chi connectivity index (χ0n) is 42.7. The number of halogens is 3. The molecule has 3 aliphatic heterocycles. The number of pyridine rings is 4. The van der Waals surface area contributed by atoms with Crippen LogP contribution < -0.4 is 30.5 Å². The van der Waals surface area contributed by atoms with Crippen LogP contribution in [0.1, 0.15) is 133 Å². The number of rotatable bonds is 10. The highest BCUT2D eigenvalue weighted by Crippen LogP contribution is 2.31. The van der Waals surface area contributed by atoms with Gasteiger partial charge in [-0.3, -0.25) is 29.8 Å². The first-order chi connectivity index (χ1) is 37.5. The minimum Gasteiger partial charge on any atom is -0.504 e. The van der Waals surface area contributed by atoms with E-state index in [0.717, 1.165) is 93.6 Å². The molecule has 448 valence electrons. The second kappa shape index (κ2) is 36.5. The molecule has 0 unspecified atom stereocenters. The van der Waals surface area contributed by atoms with Crippen molar-refractivity contribution in [1.82, 2.24) is 19.9 Å². The Morgan fingerprint density at radius 3 is 1.44 bits per heavy atom. The number of carbonyl (C=O) groups excluding carboxylic acids is 2. The van der Waals surface area contributed by atoms with Crippen molar-refractivity contribution in [2.75, 3.05) is 72.1 Å². The minimum absolute atomic E-state index is 0. The van der Waals surface area contributed by atoms with Gasteiger partial charge in [-0.05, 0) is 99.2 Å². The van der Waals surface area contributed by atoms with Gasteiger partial charge in [0.2, 0.25) is 0 Å². The monoisotopic (exact) mass is 1170 g/mol. The van der Waals surface area contributed by atoms with Crippen LogP contribution in [0.15, 0.2) is 97.6 Å². The van der Waals surface area contributed by atoms with E-state index in [1.807, 2.05) is 18.2 Å². The molecule has 4 fully saturated rings. The van der Waals surface area contributed by atoms with Crippen LogP contribution in [0.3, 0.4) is 0 Å². The number of phenols is 2. The van der Waals surface area contributed by atoms with Crippen LogP contribution in [0.4, 0.5) is 49.0 Å². The molecule has 4 aromatic heterocycles. The minimum atomic E-state index is -1.36. The standard InChI is InChI=1S/C17H18FN3O3.C9H11N3O2.C9H13N3.C8H5FO4.C5H3ClN2O2.C5H10.4CH4.H2/c1-24-14-9-11(8-13(18)16(14)22)17(23)20-12-4-5-15(19-10-12)21-6-2-3-7-21;13-12(14)8-3-4-9(10-7-8)11-5-1-2-6-11;10-8-3-4-9(11-7-8)12-5-1-2-6-12;9-6-2-4(8(12)13)1-5(3-10)7(6)11;6-5-2-1-4(3-7-5)8(9)10;1-2-4-5-3-1;;;;;/h4-5,8-10,22H,2-3,6-7H2,1H3,(H,20,23);3-4,7H,1-2,5-6H2;3-4,7H,1-2,5-6,10H2;1-3,11H,(H,12,13);1-3H;1-5H2;4*1H4;1H. The number of amides is 1. The summed E-state index contributed by atoms with van der Waals surface area (Å²) in [6.07, 6.45) is 20.6. The van der Waals surface area contributed by atoms with Crippen molar-refractivity contribution in [1.29, 1.82) is 0 Å². The molecular weight excluding hydrogens is 1090 g/mol. The number of nitrogen functional groups attached to an aromatic ring is 1. The Hall–Kier alpha value is -8.80. The van der Waals surface area contributed by atoms with Gasteiger partial charge in [0.1, 0.15) is 35.0 Å². The maximum Gasteiger partial charge on any atom is 0.335 e. The molecule has 25 heteroatoms. The van der Waals surface area contributed by atoms with Gasteiger partial charge in [-0.25, -0.2) is 33.5 Å². The predicted octanol–water partition coefficient (Wildman–Crippen LogP) is 13.1. The molecule has 1 saturated carbocycles. The number of methoxy groups -OCH3 is 1. The Kier molecular flexibility index (Phi) is 31.7. The van der Waals surface area contributed by atoms with E-state index in [2.05, 4.69) is 40.0 Å². The van der Waals surface area contributed by atoms with Gasteiger partial charge in [0.25, 0.3) is 17.3 Å². The maximum absolute atomic E-state index is 13.6. The Morgan fingerprint density at radius 2 is 1.06 bits per heavy atom. The van der Waals surface area contributed by atoms with Gasteiger partial charge in [-0.1, -0.05) is 73.4 Å². The highest BCUT2D eigenvalue weighted by Gasteiger charge is 2.19. The number of carbonyl (C=O) groups is 3. The van der Waals surface area contributed by atoms with Crippen molar-refractivity contribution in [3.63, 3.8) is 0 Å². The summed E-state index contributed by atoms with van der Waals surface area (Å²) in [7, 11) is 1.29. The largest absolute Gasteiger partial charge is 0.504 e. The summed E-state index contributed by atoms with van der Waals surface area (Å²) in [4.78, 5) is 75.1. The van der Waals surface area contributed by atoms with E-state index in [-0.39, 0.29) is 76.4 Å². The summed E-state index contributed by atoms with van der Waals surface area (Å²) in [5, 5.41) is 50.2. The highest BCUT2D eigenvalue weighted by molar-refractivity contribution is 6.29. The number of carboxylic acid groups (broad SMARTS) is 1. The molecule has 0 spiro atoms. The smallest absolute Gasteiger partial charge is 0.335 e. The fourth-order valence-corrected chi connectivity index (χ4v) is 8.11. The Morgan fingerprint density at radius 1 is 0.634 bits per heavy atom. The number of nitrogens with zero attached hydrogens (tertiary/aromatic N) is 9. The fourth-order valence-electron chi connectivity index (χ4n) is 8.00. The second-order valence-corrected chi connectivity index (χ2v) is 18.1. The first-order valence-corrected chi connectivity index (χ1v) is 25.2. The lowest BCUT2D eigenvalue weighted by Gasteiger charge is -2.16. The Labute approximate surface area is 483 Å². The van der Waals surface area contributed by atoms with E-state index in [4.69, 9.17) is 32.3 Å². The van der Waals surface area contributed by atoms with Crippen LogP contribution in [-0.4, -0.2) is 110 Å². The van der Waals surface area contributed by atoms with E-state index in [0.29, 0.717) is 11.8 Å². The van der Waals surface area contributed by atoms with Crippen molar-refractivity contribution in [3.8, 4) is 17.2 Å². The third-order valence-corrected chi connectivity index (χ3v) is 12.4. The van der Waals surface area contributed by atoms with Gasteiger partial charge in [-0.2, -0.15) is 0 Å². The number of phenolic OH excluding ortho intramolecular Hbond substituents is 2. The lowest BCUT2D eigenvalue weighted by Crippen LogP contribution is -2.19. The van der Waals surface area contributed by atoms with Crippen LogP contribution in [0, 0.1) is 31.9 Å². The molecule has 0 atom stereocenters. The molecule has 3 saturated heterocycles. The summed E-state index contributed by atoms with van der Waals surface area (Å²) in [5.74, 6) is -2.68. The van der Waals surface area contributed by atoms with Crippen molar-refractivity contribution in [3.05, 3.63) is 151 Å². The van der Waals surface area contributed by atoms with Crippen LogP contribution in [0.25, 0.3) is 0 Å². The number of nitrogens with two attached hydrogens (primary N) is 1. The number of aromatic carboxylic acids is 1. The van der Waals surface area contributed by atoms with Gasteiger partial charge in [0.15, 0.2) is 35.2 Å². The van der Waals surface area contributed by atoms with Gasteiger partial charge < -0.3 is 45.8 Å².